The molecule has 152 valence electrons. The zero-order chi connectivity index (χ0) is 21.3. The standard InChI is InChI=1S/C21H15Cl2N3O3S/c1-2-7-26-20(12-3-5-14(22)6-4-12)24-25-21(26)30-11-13-8-19(28)29-18-10-17(27)16(23)9-15(13)18/h2-6,8-10,27H,1,7,11H2. The average Bonchev–Trinajstić information content (AvgIpc) is 3.11. The highest BCUT2D eigenvalue weighted by Crippen LogP contribution is 2.33. The fraction of sp³-hybridized carbons (Fsp3) is 0.0952. The van der Waals surface area contributed by atoms with Crippen LogP contribution in [-0.2, 0) is 12.3 Å². The lowest BCUT2D eigenvalue weighted by molar-refractivity contribution is 0.473. The molecule has 0 amide bonds. The summed E-state index contributed by atoms with van der Waals surface area (Å²) >= 11 is 13.4. The molecule has 0 unspecified atom stereocenters. The normalized spacial score (nSPS) is 11.1. The zero-order valence-electron chi connectivity index (χ0n) is 15.5. The van der Waals surface area contributed by atoms with Gasteiger partial charge in [0.2, 0.25) is 0 Å². The molecule has 0 fully saturated rings. The smallest absolute Gasteiger partial charge is 0.336 e. The van der Waals surface area contributed by atoms with Gasteiger partial charge in [0, 0.05) is 40.4 Å². The van der Waals surface area contributed by atoms with E-state index >= 15 is 0 Å². The second-order valence-corrected chi connectivity index (χ2v) is 8.18. The second kappa shape index (κ2) is 8.55. The minimum Gasteiger partial charge on any atom is -0.506 e. The van der Waals surface area contributed by atoms with Crippen molar-refractivity contribution < 1.29 is 9.52 Å². The lowest BCUT2D eigenvalue weighted by atomic mass is 10.1. The van der Waals surface area contributed by atoms with Crippen molar-refractivity contribution in [3.63, 3.8) is 0 Å². The highest BCUT2D eigenvalue weighted by atomic mass is 35.5. The van der Waals surface area contributed by atoms with Gasteiger partial charge in [-0.2, -0.15) is 0 Å². The monoisotopic (exact) mass is 459 g/mol. The number of rotatable bonds is 6. The van der Waals surface area contributed by atoms with Gasteiger partial charge in [-0.25, -0.2) is 4.79 Å². The van der Waals surface area contributed by atoms with Crippen molar-refractivity contribution >= 4 is 45.9 Å². The summed E-state index contributed by atoms with van der Waals surface area (Å²) in [4.78, 5) is 12.0. The van der Waals surface area contributed by atoms with Crippen LogP contribution in [0, 0.1) is 0 Å². The highest BCUT2D eigenvalue weighted by molar-refractivity contribution is 7.98. The number of phenols is 1. The molecular formula is C21H15Cl2N3O3S. The number of aromatic hydroxyl groups is 1. The molecular weight excluding hydrogens is 445 g/mol. The fourth-order valence-corrected chi connectivity index (χ4v) is 4.23. The molecule has 0 saturated heterocycles. The van der Waals surface area contributed by atoms with Gasteiger partial charge < -0.3 is 9.52 Å². The predicted molar refractivity (Wildman–Crippen MR) is 119 cm³/mol. The van der Waals surface area contributed by atoms with Gasteiger partial charge in [0.25, 0.3) is 0 Å². The Hall–Kier alpha value is -2.74. The third-order valence-electron chi connectivity index (χ3n) is 4.39. The second-order valence-electron chi connectivity index (χ2n) is 6.39. The molecule has 2 aromatic heterocycles. The van der Waals surface area contributed by atoms with Gasteiger partial charge in [0.05, 0.1) is 5.02 Å². The van der Waals surface area contributed by atoms with E-state index in [0.29, 0.717) is 39.3 Å². The van der Waals surface area contributed by atoms with Crippen LogP contribution in [-0.4, -0.2) is 19.9 Å². The van der Waals surface area contributed by atoms with Gasteiger partial charge in [-0.3, -0.25) is 4.57 Å². The molecule has 0 spiro atoms. The highest BCUT2D eigenvalue weighted by Gasteiger charge is 2.16. The van der Waals surface area contributed by atoms with Gasteiger partial charge in [-0.15, -0.1) is 16.8 Å². The summed E-state index contributed by atoms with van der Waals surface area (Å²) in [6.07, 6.45) is 1.77. The van der Waals surface area contributed by atoms with E-state index in [0.717, 1.165) is 5.56 Å². The predicted octanol–water partition coefficient (Wildman–Crippen LogP) is 5.54. The first-order chi connectivity index (χ1) is 14.5. The first-order valence-electron chi connectivity index (χ1n) is 8.84. The molecule has 6 nitrogen and oxygen atoms in total. The number of halogens is 2. The Balaban J connectivity index is 1.69. The summed E-state index contributed by atoms with van der Waals surface area (Å²) in [7, 11) is 0. The molecule has 9 heteroatoms. The number of allylic oxidation sites excluding steroid dienone is 1. The third kappa shape index (κ3) is 4.09. The molecule has 0 saturated carbocycles. The van der Waals surface area contributed by atoms with Crippen LogP contribution >= 0.6 is 35.0 Å². The van der Waals surface area contributed by atoms with Gasteiger partial charge in [-0.05, 0) is 35.9 Å². The molecule has 4 aromatic rings. The van der Waals surface area contributed by atoms with Crippen molar-refractivity contribution in [2.75, 3.05) is 0 Å². The molecule has 0 bridgehead atoms. The number of hydrogen-bond acceptors (Lipinski definition) is 6. The Morgan fingerprint density at radius 2 is 1.93 bits per heavy atom. The van der Waals surface area contributed by atoms with Crippen LogP contribution in [0.25, 0.3) is 22.4 Å². The van der Waals surface area contributed by atoms with Crippen molar-refractivity contribution in [1.29, 1.82) is 0 Å². The minimum atomic E-state index is -0.505. The van der Waals surface area contributed by atoms with Crippen LogP contribution < -0.4 is 5.63 Å². The van der Waals surface area contributed by atoms with Crippen LogP contribution in [0.5, 0.6) is 5.75 Å². The Bertz CT molecular complexity index is 1300. The quantitative estimate of drug-likeness (QED) is 0.231. The summed E-state index contributed by atoms with van der Waals surface area (Å²) in [5.74, 6) is 0.981. The maximum absolute atomic E-state index is 12.0. The van der Waals surface area contributed by atoms with E-state index in [9.17, 15) is 9.90 Å². The van der Waals surface area contributed by atoms with Gasteiger partial charge in [0.1, 0.15) is 11.3 Å². The van der Waals surface area contributed by atoms with E-state index in [1.54, 1.807) is 24.3 Å². The van der Waals surface area contributed by atoms with E-state index in [1.807, 2.05) is 16.7 Å². The van der Waals surface area contributed by atoms with Crippen LogP contribution in [0.4, 0.5) is 0 Å². The van der Waals surface area contributed by atoms with E-state index in [1.165, 1.54) is 23.9 Å². The summed E-state index contributed by atoms with van der Waals surface area (Å²) < 4.78 is 7.12. The lowest BCUT2D eigenvalue weighted by Crippen LogP contribution is -2.02. The molecule has 4 rings (SSSR count). The number of aromatic nitrogens is 3. The molecule has 0 aliphatic carbocycles. The number of nitrogens with zero attached hydrogens (tertiary/aromatic N) is 3. The minimum absolute atomic E-state index is 0.143. The van der Waals surface area contributed by atoms with E-state index < -0.39 is 5.63 Å². The van der Waals surface area contributed by atoms with Gasteiger partial charge in [-0.1, -0.05) is 41.0 Å². The maximum atomic E-state index is 12.0. The molecule has 0 radical (unpaired) electrons. The fourth-order valence-electron chi connectivity index (χ4n) is 3.00. The summed E-state index contributed by atoms with van der Waals surface area (Å²) in [5.41, 5.74) is 1.37. The molecule has 0 atom stereocenters. The van der Waals surface area contributed by atoms with E-state index in [4.69, 9.17) is 27.6 Å². The summed E-state index contributed by atoms with van der Waals surface area (Å²) in [5, 5.41) is 20.6. The zero-order valence-corrected chi connectivity index (χ0v) is 17.8. The average molecular weight is 460 g/mol. The van der Waals surface area contributed by atoms with Crippen LogP contribution in [0.2, 0.25) is 10.0 Å². The number of benzene rings is 2. The van der Waals surface area contributed by atoms with Gasteiger partial charge >= 0.3 is 5.63 Å². The van der Waals surface area contributed by atoms with Crippen molar-refractivity contribution in [2.24, 2.45) is 0 Å². The Morgan fingerprint density at radius 3 is 2.67 bits per heavy atom. The van der Waals surface area contributed by atoms with Crippen LogP contribution in [0.3, 0.4) is 0 Å². The molecule has 0 aliphatic heterocycles. The van der Waals surface area contributed by atoms with Crippen molar-refractivity contribution in [1.82, 2.24) is 14.8 Å². The third-order valence-corrected chi connectivity index (χ3v) is 5.96. The molecule has 2 heterocycles. The molecule has 1 N–H and O–H groups in total. The number of fused-ring (bicyclic) bond motifs is 1. The summed E-state index contributed by atoms with van der Waals surface area (Å²) in [6, 6.07) is 11.7. The molecule has 2 aromatic carbocycles. The molecule has 0 aliphatic rings. The number of thioether (sulfide) groups is 1. The Morgan fingerprint density at radius 1 is 1.17 bits per heavy atom. The van der Waals surface area contributed by atoms with E-state index in [2.05, 4.69) is 16.8 Å². The van der Waals surface area contributed by atoms with Crippen molar-refractivity contribution in [2.45, 2.75) is 17.5 Å². The number of hydrogen-bond donors (Lipinski definition) is 1. The summed E-state index contributed by atoms with van der Waals surface area (Å²) in [6.45, 7) is 4.33. The Kier molecular flexibility index (Phi) is 5.85. The topological polar surface area (TPSA) is 81.2 Å². The first kappa shape index (κ1) is 20.5. The Labute approximate surface area is 185 Å². The molecule has 30 heavy (non-hydrogen) atoms. The van der Waals surface area contributed by atoms with Crippen molar-refractivity contribution in [3.8, 4) is 17.1 Å². The van der Waals surface area contributed by atoms with Crippen LogP contribution in [0.15, 0.2) is 69.5 Å². The van der Waals surface area contributed by atoms with Gasteiger partial charge in [0.15, 0.2) is 11.0 Å². The first-order valence-corrected chi connectivity index (χ1v) is 10.6. The lowest BCUT2D eigenvalue weighted by Gasteiger charge is -2.09. The van der Waals surface area contributed by atoms with Crippen molar-refractivity contribution in [3.05, 3.63) is 81.1 Å². The maximum Gasteiger partial charge on any atom is 0.336 e. The van der Waals surface area contributed by atoms with Crippen LogP contribution in [0.1, 0.15) is 5.56 Å². The SMILES string of the molecule is C=CCn1c(SCc2cc(=O)oc3cc(O)c(Cl)cc23)nnc1-c1ccc(Cl)cc1. The largest absolute Gasteiger partial charge is 0.506 e. The number of phenolic OH excluding ortho intramolecular Hbond substituents is 1. The van der Waals surface area contributed by atoms with E-state index in [-0.39, 0.29) is 16.4 Å².